The smallest absolute Gasteiger partial charge is 0.234 e. The molecule has 6 nitrogen and oxygen atoms in total. The number of nitriles is 1. The van der Waals surface area contributed by atoms with Crippen LogP contribution < -0.4 is 0 Å². The minimum Gasteiger partial charge on any atom is -0.326 e. The van der Waals surface area contributed by atoms with Gasteiger partial charge in [0.25, 0.3) is 0 Å². The van der Waals surface area contributed by atoms with Gasteiger partial charge in [-0.1, -0.05) is 37.1 Å². The summed E-state index contributed by atoms with van der Waals surface area (Å²) < 4.78 is 2.18. The van der Waals surface area contributed by atoms with Gasteiger partial charge in [0.05, 0.1) is 16.7 Å². The number of thioether (sulfide) groups is 1. The molecule has 0 N–H and O–H groups in total. The van der Waals surface area contributed by atoms with E-state index in [1.54, 1.807) is 23.3 Å². The molecule has 2 aliphatic carbocycles. The number of thiophene rings is 1. The van der Waals surface area contributed by atoms with Crippen LogP contribution in [0.5, 0.6) is 0 Å². The Morgan fingerprint density at radius 3 is 2.81 bits per heavy atom. The van der Waals surface area contributed by atoms with Gasteiger partial charge in [-0.2, -0.15) is 5.26 Å². The maximum absolute atomic E-state index is 12.8. The van der Waals surface area contributed by atoms with Crippen molar-refractivity contribution in [1.82, 2.24) is 19.7 Å². The molecule has 8 heteroatoms. The molecule has 2 saturated carbocycles. The second-order valence-electron chi connectivity index (χ2n) is 7.33. The monoisotopic (exact) mass is 401 g/mol. The van der Waals surface area contributed by atoms with Crippen molar-refractivity contribution in [3.05, 3.63) is 17.5 Å². The van der Waals surface area contributed by atoms with Gasteiger partial charge in [-0.05, 0) is 37.1 Å². The molecule has 0 atom stereocenters. The molecule has 2 aromatic heterocycles. The van der Waals surface area contributed by atoms with Gasteiger partial charge in [0.1, 0.15) is 5.54 Å². The summed E-state index contributed by atoms with van der Waals surface area (Å²) in [6, 6.07) is 6.94. The fourth-order valence-corrected chi connectivity index (χ4v) is 5.36. The highest BCUT2D eigenvalue weighted by Gasteiger charge is 2.39. The molecule has 0 unspecified atom stereocenters. The van der Waals surface area contributed by atoms with E-state index in [0.717, 1.165) is 60.8 Å². The summed E-state index contributed by atoms with van der Waals surface area (Å²) in [6.45, 7) is 0. The lowest BCUT2D eigenvalue weighted by atomic mass is 9.81. The lowest BCUT2D eigenvalue weighted by Crippen LogP contribution is -2.50. The average molecular weight is 402 g/mol. The minimum absolute atomic E-state index is 0.00790. The summed E-state index contributed by atoms with van der Waals surface area (Å²) in [4.78, 5) is 15.6. The normalized spacial score (nSPS) is 18.8. The van der Waals surface area contributed by atoms with E-state index in [1.165, 1.54) is 11.8 Å². The van der Waals surface area contributed by atoms with Crippen molar-refractivity contribution in [2.75, 3.05) is 12.8 Å². The molecule has 1 amide bonds. The molecule has 4 rings (SSSR count). The van der Waals surface area contributed by atoms with E-state index in [-0.39, 0.29) is 11.7 Å². The third-order valence-electron chi connectivity index (χ3n) is 5.55. The molecule has 2 heterocycles. The van der Waals surface area contributed by atoms with E-state index in [4.69, 9.17) is 0 Å². The first-order chi connectivity index (χ1) is 13.1. The quantitative estimate of drug-likeness (QED) is 0.681. The van der Waals surface area contributed by atoms with Gasteiger partial charge in [0.2, 0.25) is 5.91 Å². The predicted octanol–water partition coefficient (Wildman–Crippen LogP) is 4.12. The Balaban J connectivity index is 1.47. The summed E-state index contributed by atoms with van der Waals surface area (Å²) in [5.74, 6) is 1.18. The molecule has 0 spiro atoms. The van der Waals surface area contributed by atoms with Crippen LogP contribution in [-0.4, -0.2) is 43.9 Å². The van der Waals surface area contributed by atoms with Crippen molar-refractivity contribution in [2.24, 2.45) is 0 Å². The average Bonchev–Trinajstić information content (AvgIpc) is 3.22. The Kier molecular flexibility index (Phi) is 5.24. The predicted molar refractivity (Wildman–Crippen MR) is 107 cm³/mol. The Hall–Kier alpha value is -1.85. The first-order valence-corrected chi connectivity index (χ1v) is 11.3. The zero-order chi connectivity index (χ0) is 18.9. The van der Waals surface area contributed by atoms with Crippen molar-refractivity contribution in [2.45, 2.75) is 61.7 Å². The van der Waals surface area contributed by atoms with Gasteiger partial charge in [-0.3, -0.25) is 9.36 Å². The number of rotatable bonds is 6. The van der Waals surface area contributed by atoms with Crippen LogP contribution in [0, 0.1) is 11.3 Å². The van der Waals surface area contributed by atoms with Crippen molar-refractivity contribution in [1.29, 1.82) is 5.26 Å². The second kappa shape index (κ2) is 7.64. The summed E-state index contributed by atoms with van der Waals surface area (Å²) in [5.41, 5.74) is -0.637. The SMILES string of the molecule is CN(C(=O)CSc1nnc(-c2cccs2)n1C1CC1)C1(C#N)CCCCC1. The maximum atomic E-state index is 12.8. The number of nitrogens with zero attached hydrogens (tertiary/aromatic N) is 5. The standard InChI is InChI=1S/C19H23N5OS2/c1-23(19(13-20)9-3-2-4-10-19)16(25)12-27-18-22-21-17(15-6-5-11-26-15)24(18)14-7-8-14/h5-6,11,14H,2-4,7-10,12H2,1H3. The van der Waals surface area contributed by atoms with Crippen LogP contribution in [0.15, 0.2) is 22.7 Å². The van der Waals surface area contributed by atoms with Crippen molar-refractivity contribution >= 4 is 29.0 Å². The molecule has 2 aliphatic rings. The highest BCUT2D eigenvalue weighted by atomic mass is 32.2. The van der Waals surface area contributed by atoms with Gasteiger partial charge >= 0.3 is 0 Å². The molecule has 2 fully saturated rings. The Bertz CT molecular complexity index is 844. The molecule has 0 bridgehead atoms. The Labute approximate surface area is 167 Å². The van der Waals surface area contributed by atoms with Crippen molar-refractivity contribution in [3.8, 4) is 16.8 Å². The summed E-state index contributed by atoms with van der Waals surface area (Å²) in [7, 11) is 1.78. The second-order valence-corrected chi connectivity index (χ2v) is 9.22. The molecule has 27 heavy (non-hydrogen) atoms. The fourth-order valence-electron chi connectivity index (χ4n) is 3.73. The maximum Gasteiger partial charge on any atom is 0.234 e. The lowest BCUT2D eigenvalue weighted by Gasteiger charge is -2.39. The first-order valence-electron chi connectivity index (χ1n) is 9.44. The molecular formula is C19H23N5OS2. The van der Waals surface area contributed by atoms with Crippen LogP contribution in [0.1, 0.15) is 51.0 Å². The topological polar surface area (TPSA) is 74.8 Å². The van der Waals surface area contributed by atoms with Gasteiger partial charge in [-0.25, -0.2) is 0 Å². The highest BCUT2D eigenvalue weighted by molar-refractivity contribution is 7.99. The third kappa shape index (κ3) is 3.63. The number of hydrogen-bond donors (Lipinski definition) is 0. The molecular weight excluding hydrogens is 378 g/mol. The Morgan fingerprint density at radius 2 is 2.19 bits per heavy atom. The molecule has 0 radical (unpaired) electrons. The van der Waals surface area contributed by atoms with E-state index in [1.807, 2.05) is 11.4 Å². The van der Waals surface area contributed by atoms with E-state index < -0.39 is 5.54 Å². The minimum atomic E-state index is -0.637. The van der Waals surface area contributed by atoms with Crippen LogP contribution in [0.3, 0.4) is 0 Å². The molecule has 2 aromatic rings. The van der Waals surface area contributed by atoms with Crippen molar-refractivity contribution in [3.63, 3.8) is 0 Å². The number of aromatic nitrogens is 3. The molecule has 0 saturated heterocycles. The fraction of sp³-hybridized carbons (Fsp3) is 0.579. The van der Waals surface area contributed by atoms with E-state index in [2.05, 4.69) is 26.9 Å². The van der Waals surface area contributed by atoms with Crippen LogP contribution >= 0.6 is 23.1 Å². The Morgan fingerprint density at radius 1 is 1.41 bits per heavy atom. The number of hydrogen-bond acceptors (Lipinski definition) is 6. The van der Waals surface area contributed by atoms with Gasteiger partial charge in [0.15, 0.2) is 11.0 Å². The van der Waals surface area contributed by atoms with Crippen LogP contribution in [0.4, 0.5) is 0 Å². The van der Waals surface area contributed by atoms with Gasteiger partial charge in [-0.15, -0.1) is 21.5 Å². The number of carbonyl (C=O) groups is 1. The largest absolute Gasteiger partial charge is 0.326 e. The number of carbonyl (C=O) groups excluding carboxylic acids is 1. The lowest BCUT2D eigenvalue weighted by molar-refractivity contribution is -0.131. The van der Waals surface area contributed by atoms with Crippen LogP contribution in [0.25, 0.3) is 10.7 Å². The van der Waals surface area contributed by atoms with E-state index >= 15 is 0 Å². The van der Waals surface area contributed by atoms with Crippen LogP contribution in [-0.2, 0) is 4.79 Å². The van der Waals surface area contributed by atoms with E-state index in [9.17, 15) is 10.1 Å². The van der Waals surface area contributed by atoms with Gasteiger partial charge in [0, 0.05) is 13.1 Å². The third-order valence-corrected chi connectivity index (χ3v) is 7.34. The zero-order valence-corrected chi connectivity index (χ0v) is 17.1. The number of amides is 1. The molecule has 142 valence electrons. The first kappa shape index (κ1) is 18.5. The van der Waals surface area contributed by atoms with Crippen molar-refractivity contribution < 1.29 is 4.79 Å². The van der Waals surface area contributed by atoms with Crippen LogP contribution in [0.2, 0.25) is 0 Å². The zero-order valence-electron chi connectivity index (χ0n) is 15.4. The van der Waals surface area contributed by atoms with E-state index in [0.29, 0.717) is 6.04 Å². The molecule has 0 aromatic carbocycles. The highest BCUT2D eigenvalue weighted by Crippen LogP contribution is 2.42. The summed E-state index contributed by atoms with van der Waals surface area (Å²) >= 11 is 3.09. The molecule has 0 aliphatic heterocycles. The summed E-state index contributed by atoms with van der Waals surface area (Å²) in [6.07, 6.45) is 6.99. The van der Waals surface area contributed by atoms with Gasteiger partial charge < -0.3 is 4.90 Å². The summed E-state index contributed by atoms with van der Waals surface area (Å²) in [5, 5.41) is 21.3.